The number of hydrogen-bond acceptors (Lipinski definition) is 13. The second-order valence-electron chi connectivity index (χ2n) is 22.2. The highest BCUT2D eigenvalue weighted by Crippen LogP contribution is 2.42. The van der Waals surface area contributed by atoms with E-state index in [4.69, 9.17) is 24.4 Å². The first-order chi connectivity index (χ1) is 44.2. The molecule has 0 aliphatic heterocycles. The van der Waals surface area contributed by atoms with Gasteiger partial charge in [-0.05, 0) is 157 Å². The molecular weight excluding hydrogens is 1250 g/mol. The lowest BCUT2D eigenvalue weighted by atomic mass is 9.98. The summed E-state index contributed by atoms with van der Waals surface area (Å²) in [5.74, 6) is 0.176. The minimum atomic E-state index is -4.59. The third-order valence-corrected chi connectivity index (χ3v) is 16.0. The Morgan fingerprint density at radius 1 is 0.613 bits per heavy atom. The smallest absolute Gasteiger partial charge is 0.449 e. The number of imidazole rings is 1. The molecule has 0 fully saturated rings. The molecule has 8 N–H and O–H groups in total. The number of aromatic nitrogens is 10. The fourth-order valence-electron chi connectivity index (χ4n) is 10.8. The normalized spacial score (nSPS) is 11.6. The van der Waals surface area contributed by atoms with E-state index in [9.17, 15) is 43.8 Å². The number of fused-ring (bicyclic) bond motifs is 3. The Morgan fingerprint density at radius 3 is 1.54 bits per heavy atom. The zero-order valence-electron chi connectivity index (χ0n) is 54.6. The number of halogens is 3. The Hall–Kier alpha value is -9.26. The molecule has 0 spiro atoms. The summed E-state index contributed by atoms with van der Waals surface area (Å²) >= 11 is 15.3. The molecule has 0 amide bonds. The number of phenolic OH excluding ortho intramolecular Hbond substituents is 6. The lowest BCUT2D eigenvalue weighted by molar-refractivity contribution is -0.146. The Kier molecular flexibility index (Phi) is 23.0. The predicted molar refractivity (Wildman–Crippen MR) is 376 cm³/mol. The van der Waals surface area contributed by atoms with Crippen LogP contribution in [0, 0.1) is 9.54 Å². The molecule has 0 aliphatic rings. The Balaban J connectivity index is 0.000000192. The summed E-state index contributed by atoms with van der Waals surface area (Å²) < 4.78 is 49.0. The molecule has 5 aromatic heterocycles. The Morgan fingerprint density at radius 2 is 1.06 bits per heavy atom. The molecule has 5 heterocycles. The molecule has 11 rings (SSSR count). The minimum absolute atomic E-state index is 0.0274. The van der Waals surface area contributed by atoms with E-state index in [1.807, 2.05) is 85.9 Å². The number of anilines is 1. The highest BCUT2D eigenvalue weighted by molar-refractivity contribution is 7.84. The van der Waals surface area contributed by atoms with E-state index in [1.165, 1.54) is 47.5 Å². The number of benzene rings is 6. The van der Waals surface area contributed by atoms with Crippen molar-refractivity contribution in [2.75, 3.05) is 11.9 Å². The summed E-state index contributed by atoms with van der Waals surface area (Å²) in [5.41, 5.74) is 8.29. The first-order valence-corrected chi connectivity index (χ1v) is 31.8. The number of nitrogens with one attached hydrogen (secondary N) is 2. The summed E-state index contributed by atoms with van der Waals surface area (Å²) in [6, 6.07) is 30.1. The van der Waals surface area contributed by atoms with E-state index in [1.54, 1.807) is 36.2 Å². The van der Waals surface area contributed by atoms with Crippen molar-refractivity contribution in [1.29, 1.82) is 0 Å². The monoisotopic (exact) mass is 1330 g/mol. The summed E-state index contributed by atoms with van der Waals surface area (Å²) in [4.78, 5) is 9.96. The molecule has 11 aromatic rings. The molecule has 93 heavy (non-hydrogen) atoms. The van der Waals surface area contributed by atoms with Gasteiger partial charge in [-0.25, -0.2) is 4.98 Å². The van der Waals surface area contributed by atoms with Crippen molar-refractivity contribution < 1.29 is 43.8 Å². The van der Waals surface area contributed by atoms with Gasteiger partial charge in [0.25, 0.3) is 0 Å². The second kappa shape index (κ2) is 30.0. The number of nitrogens with zero attached hydrogens (tertiary/aromatic N) is 10. The number of rotatable bonds is 13. The standard InChI is InChI=1S/C23H27N3O2S.C22H24N4O2S.C20H18F3N5O2S.2C2H6/c1-6-25-10-9-16-11-17(7-8-20(16)25)26(15(4)29)23(24-5)19-12-18(14(2)3)21(27)13-22(19)28;1-4-8-25-9-7-14-10-15(5-6-18(14)25)26-21(23-24-22(26)29)17-11-16(13(2)3)19(27)12-20(17)28;1-9(2)11-7-12(16(30)8-15(11)29)17-25-26-19(31)28(17)10-4-5-14-13(6-10)24-18(27(14)3)20(21,22)23;2*1-2/h7-14,27-29H,4,6H2,1-3,5H3;5-7,9-13,27-28H,4,8H2,1-3H3,(H,24,29);4-9,29-30H,1-3H3,(H,26,31);2*1-2H3. The van der Waals surface area contributed by atoms with Crippen LogP contribution in [0.25, 0.3) is 67.0 Å². The van der Waals surface area contributed by atoms with Crippen LogP contribution in [0.4, 0.5) is 18.9 Å². The SMILES string of the molecule is C=C(S)N(C(=NC)c1cc(C(C)C)c(O)cc1O)c1ccc2c(ccn2CC)c1.CC.CC.CC(C)c1cc(-c2n[nH]c(=S)n2-c2ccc3c(c2)nc(C(F)(F)F)n3C)c(O)cc1O.CCCn1ccc2cc(-n3c(-c4cc(C(C)C)c(O)cc4O)n[nH]c3=S)ccc21. The van der Waals surface area contributed by atoms with Gasteiger partial charge < -0.3 is 44.3 Å². The highest BCUT2D eigenvalue weighted by atomic mass is 32.1. The van der Waals surface area contributed by atoms with Crippen LogP contribution in [0.15, 0.2) is 132 Å². The van der Waals surface area contributed by atoms with Crippen molar-refractivity contribution in [2.24, 2.45) is 12.0 Å². The minimum Gasteiger partial charge on any atom is -0.508 e. The number of hydrogen-bond donors (Lipinski definition) is 9. The molecule has 0 saturated heterocycles. The average Bonchev–Trinajstić information content (AvgIpc) is 1.70. The van der Waals surface area contributed by atoms with Gasteiger partial charge in [0.2, 0.25) is 5.82 Å². The van der Waals surface area contributed by atoms with E-state index in [-0.39, 0.29) is 68.4 Å². The molecule has 0 atom stereocenters. The number of thiol groups is 1. The van der Waals surface area contributed by atoms with Crippen LogP contribution in [0.5, 0.6) is 34.5 Å². The molecule has 0 aliphatic carbocycles. The molecule has 6 aromatic carbocycles. The van der Waals surface area contributed by atoms with Crippen molar-refractivity contribution in [1.82, 2.24) is 48.2 Å². The zero-order valence-corrected chi connectivity index (χ0v) is 57.1. The quantitative estimate of drug-likeness (QED) is 0.0227. The van der Waals surface area contributed by atoms with E-state index < -0.39 is 12.0 Å². The van der Waals surface area contributed by atoms with Gasteiger partial charge in [-0.1, -0.05) is 82.7 Å². The van der Waals surface area contributed by atoms with Crippen LogP contribution in [-0.2, 0) is 26.3 Å². The number of aliphatic imine (C=N–C) groups is 1. The summed E-state index contributed by atoms with van der Waals surface area (Å²) in [5, 5.41) is 78.7. The first-order valence-electron chi connectivity index (χ1n) is 30.6. The van der Waals surface area contributed by atoms with E-state index in [0.717, 1.165) is 62.9 Å². The second-order valence-corrected chi connectivity index (χ2v) is 23.5. The molecule has 0 saturated carbocycles. The van der Waals surface area contributed by atoms with E-state index in [0.29, 0.717) is 54.9 Å². The third-order valence-electron chi connectivity index (χ3n) is 15.3. The van der Waals surface area contributed by atoms with Crippen LogP contribution in [0.1, 0.15) is 135 Å². The molecular formula is C69H81F3N12O6S3. The van der Waals surface area contributed by atoms with Crippen molar-refractivity contribution >= 4 is 81.4 Å². The maximum Gasteiger partial charge on any atom is 0.449 e. The topological polar surface area (TPSA) is 232 Å². The van der Waals surface area contributed by atoms with Crippen molar-refractivity contribution in [3.05, 3.63) is 165 Å². The van der Waals surface area contributed by atoms with Crippen molar-refractivity contribution in [3.8, 4) is 68.6 Å². The Labute approximate surface area is 554 Å². The van der Waals surface area contributed by atoms with Crippen LogP contribution < -0.4 is 4.90 Å². The van der Waals surface area contributed by atoms with Crippen molar-refractivity contribution in [3.63, 3.8) is 0 Å². The first kappa shape index (κ1) is 71.2. The summed E-state index contributed by atoms with van der Waals surface area (Å²) in [7, 11) is 2.96. The van der Waals surface area contributed by atoms with Crippen LogP contribution in [0.3, 0.4) is 0 Å². The van der Waals surface area contributed by atoms with E-state index in [2.05, 4.69) is 121 Å². The molecule has 0 radical (unpaired) electrons. The van der Waals surface area contributed by atoms with Gasteiger partial charge in [0, 0.05) is 85.3 Å². The average molecular weight is 1330 g/mol. The van der Waals surface area contributed by atoms with E-state index >= 15 is 0 Å². The maximum atomic E-state index is 13.2. The number of aromatic amines is 2. The van der Waals surface area contributed by atoms with Gasteiger partial charge >= 0.3 is 6.18 Å². The lowest BCUT2D eigenvalue weighted by Gasteiger charge is -2.27. The van der Waals surface area contributed by atoms with Gasteiger partial charge in [-0.3, -0.25) is 29.2 Å². The summed E-state index contributed by atoms with van der Waals surface area (Å²) in [6.07, 6.45) is 0.634. The number of H-pyrrole nitrogens is 2. The zero-order chi connectivity index (χ0) is 68.7. The number of phenols is 6. The lowest BCUT2D eigenvalue weighted by Crippen LogP contribution is -2.29. The highest BCUT2D eigenvalue weighted by Gasteiger charge is 2.37. The largest absolute Gasteiger partial charge is 0.508 e. The molecule has 492 valence electrons. The van der Waals surface area contributed by atoms with Crippen LogP contribution in [-0.4, -0.2) is 91.7 Å². The number of alkyl halides is 3. The van der Waals surface area contributed by atoms with Gasteiger partial charge in [0.1, 0.15) is 40.3 Å². The number of amidine groups is 1. The fourth-order valence-corrected chi connectivity index (χ4v) is 11.5. The molecule has 0 unspecified atom stereocenters. The van der Waals surface area contributed by atoms with Gasteiger partial charge in [-0.2, -0.15) is 23.4 Å². The molecule has 18 nitrogen and oxygen atoms in total. The van der Waals surface area contributed by atoms with Crippen LogP contribution >= 0.6 is 37.1 Å². The molecule has 0 bridgehead atoms. The number of aromatic hydroxyl groups is 6. The fraction of sp³-hybridized carbons (Fsp3) is 0.304. The summed E-state index contributed by atoms with van der Waals surface area (Å²) in [6.45, 7) is 29.9. The number of aryl methyl sites for hydroxylation is 3. The van der Waals surface area contributed by atoms with Gasteiger partial charge in [0.15, 0.2) is 21.2 Å². The van der Waals surface area contributed by atoms with Crippen molar-refractivity contribution in [2.45, 2.75) is 127 Å². The van der Waals surface area contributed by atoms with Gasteiger partial charge in [0.05, 0.1) is 44.1 Å². The molecule has 24 heteroatoms. The van der Waals surface area contributed by atoms with Crippen LogP contribution in [0.2, 0.25) is 0 Å². The predicted octanol–water partition coefficient (Wildman–Crippen LogP) is 18.1. The third kappa shape index (κ3) is 14.8. The Bertz CT molecular complexity index is 4640. The maximum absolute atomic E-state index is 13.2. The van der Waals surface area contributed by atoms with Gasteiger partial charge in [-0.15, -0.1) is 12.6 Å².